The Bertz CT molecular complexity index is 1250. The van der Waals surface area contributed by atoms with Gasteiger partial charge in [-0.2, -0.15) is 5.10 Å². The van der Waals surface area contributed by atoms with Crippen molar-refractivity contribution < 1.29 is 9.59 Å². The van der Waals surface area contributed by atoms with Crippen LogP contribution in [0, 0.1) is 0 Å². The SMILES string of the molecule is O=C(NN=Cc1ccccc1)N[C@H](Cc1c[nH]c2ccccc12)C(=O)NCCc1ccccc1. The minimum absolute atomic E-state index is 0.247. The number of H-pyrrole nitrogens is 1. The highest BCUT2D eigenvalue weighted by atomic mass is 16.2. The van der Waals surface area contributed by atoms with Crippen molar-refractivity contribution >= 4 is 29.1 Å². The van der Waals surface area contributed by atoms with Crippen molar-refractivity contribution in [3.63, 3.8) is 0 Å². The van der Waals surface area contributed by atoms with E-state index in [0.29, 0.717) is 19.4 Å². The van der Waals surface area contributed by atoms with E-state index in [4.69, 9.17) is 0 Å². The van der Waals surface area contributed by atoms with Crippen molar-refractivity contribution in [2.24, 2.45) is 5.10 Å². The Morgan fingerprint density at radius 1 is 0.912 bits per heavy atom. The van der Waals surface area contributed by atoms with E-state index in [1.165, 1.54) is 0 Å². The van der Waals surface area contributed by atoms with Crippen molar-refractivity contribution in [3.8, 4) is 0 Å². The third-order valence-electron chi connectivity index (χ3n) is 5.46. The Labute approximate surface area is 198 Å². The van der Waals surface area contributed by atoms with Gasteiger partial charge in [0, 0.05) is 30.1 Å². The molecule has 34 heavy (non-hydrogen) atoms. The third-order valence-corrected chi connectivity index (χ3v) is 5.46. The number of para-hydroxylation sites is 1. The van der Waals surface area contributed by atoms with Crippen LogP contribution in [0.3, 0.4) is 0 Å². The minimum atomic E-state index is -0.762. The van der Waals surface area contributed by atoms with Crippen molar-refractivity contribution in [1.29, 1.82) is 0 Å². The molecular weight excluding hydrogens is 426 g/mol. The maximum absolute atomic E-state index is 13.0. The summed E-state index contributed by atoms with van der Waals surface area (Å²) in [5.74, 6) is -0.247. The zero-order valence-corrected chi connectivity index (χ0v) is 18.7. The highest BCUT2D eigenvalue weighted by molar-refractivity contribution is 5.89. The first-order valence-corrected chi connectivity index (χ1v) is 11.2. The summed E-state index contributed by atoms with van der Waals surface area (Å²) in [6, 6.07) is 25.9. The van der Waals surface area contributed by atoms with Crippen molar-refractivity contribution in [2.75, 3.05) is 6.54 Å². The average Bonchev–Trinajstić information content (AvgIpc) is 3.28. The van der Waals surface area contributed by atoms with Gasteiger partial charge in [-0.3, -0.25) is 4.79 Å². The van der Waals surface area contributed by atoms with Gasteiger partial charge >= 0.3 is 6.03 Å². The molecule has 0 saturated heterocycles. The second-order valence-corrected chi connectivity index (χ2v) is 7.90. The maximum Gasteiger partial charge on any atom is 0.335 e. The minimum Gasteiger partial charge on any atom is -0.361 e. The number of hydrazone groups is 1. The fourth-order valence-electron chi connectivity index (χ4n) is 3.72. The van der Waals surface area contributed by atoms with E-state index in [-0.39, 0.29) is 5.91 Å². The summed E-state index contributed by atoms with van der Waals surface area (Å²) in [5, 5.41) is 10.7. The summed E-state index contributed by atoms with van der Waals surface area (Å²) in [4.78, 5) is 28.8. The number of urea groups is 1. The van der Waals surface area contributed by atoms with Crippen LogP contribution in [0.4, 0.5) is 4.79 Å². The second-order valence-electron chi connectivity index (χ2n) is 7.90. The first-order chi connectivity index (χ1) is 16.7. The number of carbonyl (C=O) groups excluding carboxylic acids is 2. The molecule has 0 aliphatic heterocycles. The number of nitrogens with zero attached hydrogens (tertiary/aromatic N) is 1. The summed E-state index contributed by atoms with van der Waals surface area (Å²) in [7, 11) is 0. The fourth-order valence-corrected chi connectivity index (χ4v) is 3.72. The standard InChI is InChI=1S/C27H27N5O2/c33-26(28-16-15-20-9-3-1-4-10-20)25(17-22-19-29-24-14-8-7-13-23(22)24)31-27(34)32-30-18-21-11-5-2-6-12-21/h1-14,18-19,25,29H,15-17H2,(H,28,33)(H2,31,32,34)/t25-/m1/s1. The molecule has 0 aliphatic rings. The van der Waals surface area contributed by atoms with Crippen LogP contribution in [0.15, 0.2) is 96.2 Å². The summed E-state index contributed by atoms with van der Waals surface area (Å²) in [6.07, 6.45) is 4.48. The van der Waals surface area contributed by atoms with Gasteiger partial charge in [-0.25, -0.2) is 10.2 Å². The molecule has 1 aromatic heterocycles. The lowest BCUT2D eigenvalue weighted by molar-refractivity contribution is -0.122. The lowest BCUT2D eigenvalue weighted by atomic mass is 10.0. The van der Waals surface area contributed by atoms with Crippen molar-refractivity contribution in [1.82, 2.24) is 21.0 Å². The van der Waals surface area contributed by atoms with E-state index in [2.05, 4.69) is 26.1 Å². The number of rotatable bonds is 9. The summed E-state index contributed by atoms with van der Waals surface area (Å²) in [5.41, 5.74) is 6.38. The van der Waals surface area contributed by atoms with Gasteiger partial charge in [0.1, 0.15) is 6.04 Å². The Morgan fingerprint density at radius 3 is 2.41 bits per heavy atom. The second kappa shape index (κ2) is 11.5. The molecule has 7 heteroatoms. The molecule has 1 heterocycles. The molecule has 0 saturated carbocycles. The monoisotopic (exact) mass is 453 g/mol. The summed E-state index contributed by atoms with van der Waals surface area (Å²) >= 11 is 0. The Kier molecular flexibility index (Phi) is 7.69. The largest absolute Gasteiger partial charge is 0.361 e. The zero-order chi connectivity index (χ0) is 23.6. The van der Waals surface area contributed by atoms with Crippen LogP contribution in [0.25, 0.3) is 10.9 Å². The molecule has 0 spiro atoms. The van der Waals surface area contributed by atoms with Crippen LogP contribution in [-0.4, -0.2) is 35.7 Å². The molecule has 1 atom stereocenters. The highest BCUT2D eigenvalue weighted by Gasteiger charge is 2.22. The molecule has 4 rings (SSSR count). The number of aromatic amines is 1. The van der Waals surface area contributed by atoms with E-state index in [9.17, 15) is 9.59 Å². The molecule has 4 N–H and O–H groups in total. The van der Waals surface area contributed by atoms with Gasteiger partial charge in [-0.1, -0.05) is 78.9 Å². The number of benzene rings is 3. The predicted molar refractivity (Wildman–Crippen MR) is 135 cm³/mol. The number of nitrogens with one attached hydrogen (secondary N) is 4. The highest BCUT2D eigenvalue weighted by Crippen LogP contribution is 2.19. The Balaban J connectivity index is 1.41. The number of aromatic nitrogens is 1. The van der Waals surface area contributed by atoms with Gasteiger partial charge in [0.2, 0.25) is 5.91 Å². The van der Waals surface area contributed by atoms with E-state index >= 15 is 0 Å². The number of hydrogen-bond acceptors (Lipinski definition) is 3. The molecule has 0 bridgehead atoms. The predicted octanol–water partition coefficient (Wildman–Crippen LogP) is 3.77. The number of fused-ring (bicyclic) bond motifs is 1. The number of amides is 3. The van der Waals surface area contributed by atoms with Gasteiger partial charge in [-0.15, -0.1) is 0 Å². The van der Waals surface area contributed by atoms with E-state index in [1.54, 1.807) is 6.21 Å². The Hall–Kier alpha value is -4.39. The lowest BCUT2D eigenvalue weighted by Gasteiger charge is -2.18. The van der Waals surface area contributed by atoms with Crippen LogP contribution in [-0.2, 0) is 17.6 Å². The molecule has 0 radical (unpaired) electrons. The van der Waals surface area contributed by atoms with Crippen LogP contribution in [0.1, 0.15) is 16.7 Å². The van der Waals surface area contributed by atoms with Gasteiger partial charge in [0.15, 0.2) is 0 Å². The molecule has 3 amide bonds. The summed E-state index contributed by atoms with van der Waals surface area (Å²) in [6.45, 7) is 0.475. The molecular formula is C27H27N5O2. The van der Waals surface area contributed by atoms with Crippen molar-refractivity contribution in [2.45, 2.75) is 18.9 Å². The van der Waals surface area contributed by atoms with Crippen LogP contribution in [0.2, 0.25) is 0 Å². The Morgan fingerprint density at radius 2 is 1.62 bits per heavy atom. The number of carbonyl (C=O) groups is 2. The van der Waals surface area contributed by atoms with Gasteiger partial charge in [0.25, 0.3) is 0 Å². The van der Waals surface area contributed by atoms with Crippen LogP contribution in [0.5, 0.6) is 0 Å². The zero-order valence-electron chi connectivity index (χ0n) is 18.7. The van der Waals surface area contributed by atoms with Gasteiger partial charge < -0.3 is 15.6 Å². The smallest absolute Gasteiger partial charge is 0.335 e. The number of hydrogen-bond donors (Lipinski definition) is 4. The molecule has 172 valence electrons. The normalized spacial score (nSPS) is 11.9. The van der Waals surface area contributed by atoms with Gasteiger partial charge in [-0.05, 0) is 29.2 Å². The van der Waals surface area contributed by atoms with E-state index in [0.717, 1.165) is 27.6 Å². The van der Waals surface area contributed by atoms with Crippen LogP contribution < -0.4 is 16.1 Å². The fraction of sp³-hybridized carbons (Fsp3) is 0.148. The van der Waals surface area contributed by atoms with Gasteiger partial charge in [0.05, 0.1) is 6.21 Å². The first-order valence-electron chi connectivity index (χ1n) is 11.2. The van der Waals surface area contributed by atoms with Crippen LogP contribution >= 0.6 is 0 Å². The third kappa shape index (κ3) is 6.32. The first kappa shape index (κ1) is 22.8. The molecule has 0 fully saturated rings. The lowest BCUT2D eigenvalue weighted by Crippen LogP contribution is -2.50. The summed E-state index contributed by atoms with van der Waals surface area (Å²) < 4.78 is 0. The molecule has 7 nitrogen and oxygen atoms in total. The quantitative estimate of drug-likeness (QED) is 0.229. The molecule has 0 aliphatic carbocycles. The maximum atomic E-state index is 13.0. The van der Waals surface area contributed by atoms with E-state index in [1.807, 2.05) is 91.1 Å². The molecule has 4 aromatic rings. The average molecular weight is 454 g/mol. The topological polar surface area (TPSA) is 98.4 Å². The molecule has 0 unspecified atom stereocenters. The van der Waals surface area contributed by atoms with Crippen molar-refractivity contribution in [3.05, 3.63) is 108 Å². The molecule has 3 aromatic carbocycles. The van der Waals surface area contributed by atoms with E-state index < -0.39 is 12.1 Å².